The predicted octanol–water partition coefficient (Wildman–Crippen LogP) is 2.73. The van der Waals surface area contributed by atoms with Crippen molar-refractivity contribution in [1.82, 2.24) is 4.90 Å². The molecule has 1 aliphatic rings. The van der Waals surface area contributed by atoms with E-state index in [-0.39, 0.29) is 23.9 Å². The van der Waals surface area contributed by atoms with Crippen molar-refractivity contribution >= 4 is 26.9 Å². The van der Waals surface area contributed by atoms with Crippen molar-refractivity contribution in [2.75, 3.05) is 6.54 Å². The van der Waals surface area contributed by atoms with E-state index in [0.29, 0.717) is 0 Å². The highest BCUT2D eigenvalue weighted by Crippen LogP contribution is 2.41. The van der Waals surface area contributed by atoms with Crippen molar-refractivity contribution in [1.29, 1.82) is 0 Å². The molecule has 0 saturated carbocycles. The van der Waals surface area contributed by atoms with Crippen molar-refractivity contribution in [2.24, 2.45) is 5.14 Å². The number of benzene rings is 1. The van der Waals surface area contributed by atoms with Gasteiger partial charge in [-0.1, -0.05) is 18.2 Å². The smallest absolute Gasteiger partial charge is 0.450 e. The number of fused-ring (bicyclic) bond motifs is 1. The summed E-state index contributed by atoms with van der Waals surface area (Å²) >= 11 is 0. The van der Waals surface area contributed by atoms with Crippen LogP contribution in [0.2, 0.25) is 0 Å². The van der Waals surface area contributed by atoms with Gasteiger partial charge in [-0.2, -0.15) is 13.2 Å². The van der Waals surface area contributed by atoms with Crippen LogP contribution in [0.5, 0.6) is 0 Å². The summed E-state index contributed by atoms with van der Waals surface area (Å²) in [5.41, 5.74) is -1.66. The number of sulfonamides is 1. The first-order chi connectivity index (χ1) is 11.8. The fraction of sp³-hybridized carbons (Fsp3) is 0.438. The fourth-order valence-corrected chi connectivity index (χ4v) is 4.35. The van der Waals surface area contributed by atoms with Crippen LogP contribution in [0.4, 0.5) is 13.2 Å². The molecule has 2 heterocycles. The number of halogens is 3. The lowest BCUT2D eigenvalue weighted by Crippen LogP contribution is -2.43. The molecule has 0 spiro atoms. The molecule has 1 amide bonds. The van der Waals surface area contributed by atoms with Crippen LogP contribution in [0.25, 0.3) is 11.0 Å². The topological polar surface area (TPSA) is 93.6 Å². The van der Waals surface area contributed by atoms with Gasteiger partial charge in [-0.15, -0.1) is 0 Å². The summed E-state index contributed by atoms with van der Waals surface area (Å²) in [4.78, 5) is 14.1. The standard InChI is InChI=1S/C16H17F3N2O4S/c1-15(2)7-9(26(20,23)24)8-21(15)14(22)12-10-5-3-4-6-11(10)25-13(12)16(17,18)19/h3-6,9H,7-8H2,1-2H3,(H2,20,23,24). The molecule has 0 radical (unpaired) electrons. The molecular weight excluding hydrogens is 373 g/mol. The number of para-hydroxylation sites is 1. The van der Waals surface area contributed by atoms with E-state index in [1.807, 2.05) is 0 Å². The number of likely N-dealkylation sites (tertiary alicyclic amines) is 1. The zero-order valence-corrected chi connectivity index (χ0v) is 14.8. The van der Waals surface area contributed by atoms with E-state index in [2.05, 4.69) is 0 Å². The Morgan fingerprint density at radius 1 is 1.31 bits per heavy atom. The summed E-state index contributed by atoms with van der Waals surface area (Å²) < 4.78 is 68.4. The highest BCUT2D eigenvalue weighted by molar-refractivity contribution is 7.89. The summed E-state index contributed by atoms with van der Waals surface area (Å²) in [6.45, 7) is 2.90. The van der Waals surface area contributed by atoms with Gasteiger partial charge in [0.05, 0.1) is 10.8 Å². The molecule has 10 heteroatoms. The minimum absolute atomic E-state index is 0.0275. The molecule has 142 valence electrons. The molecule has 3 rings (SSSR count). The van der Waals surface area contributed by atoms with Gasteiger partial charge < -0.3 is 9.32 Å². The lowest BCUT2D eigenvalue weighted by Gasteiger charge is -2.31. The molecule has 1 aromatic carbocycles. The highest BCUT2D eigenvalue weighted by atomic mass is 32.2. The van der Waals surface area contributed by atoms with Crippen LogP contribution < -0.4 is 5.14 Å². The van der Waals surface area contributed by atoms with E-state index in [1.165, 1.54) is 24.3 Å². The lowest BCUT2D eigenvalue weighted by atomic mass is 10.0. The Kier molecular flexibility index (Phi) is 4.11. The lowest BCUT2D eigenvalue weighted by molar-refractivity contribution is -0.152. The maximum Gasteiger partial charge on any atom is 0.450 e. The van der Waals surface area contributed by atoms with Gasteiger partial charge in [-0.3, -0.25) is 4.79 Å². The van der Waals surface area contributed by atoms with Crippen molar-refractivity contribution < 1.29 is 30.8 Å². The minimum Gasteiger partial charge on any atom is -0.451 e. The first kappa shape index (κ1) is 18.7. The van der Waals surface area contributed by atoms with Crippen LogP contribution in [0.1, 0.15) is 36.4 Å². The third kappa shape index (κ3) is 3.07. The minimum atomic E-state index is -4.87. The molecule has 2 aromatic rings. The predicted molar refractivity (Wildman–Crippen MR) is 87.8 cm³/mol. The monoisotopic (exact) mass is 390 g/mol. The molecule has 1 aromatic heterocycles. The zero-order valence-electron chi connectivity index (χ0n) is 14.0. The molecule has 1 atom stereocenters. The van der Waals surface area contributed by atoms with Crippen LogP contribution in [0, 0.1) is 0 Å². The molecule has 26 heavy (non-hydrogen) atoms. The fourth-order valence-electron chi connectivity index (χ4n) is 3.35. The number of nitrogens with zero attached hydrogens (tertiary/aromatic N) is 1. The zero-order chi connectivity index (χ0) is 19.5. The van der Waals surface area contributed by atoms with E-state index in [4.69, 9.17) is 9.56 Å². The van der Waals surface area contributed by atoms with Crippen LogP contribution in [-0.4, -0.2) is 36.6 Å². The largest absolute Gasteiger partial charge is 0.451 e. The number of hydrogen-bond donors (Lipinski definition) is 1. The Bertz CT molecular complexity index is 979. The van der Waals surface area contributed by atoms with Crippen molar-refractivity contribution in [3.8, 4) is 0 Å². The highest BCUT2D eigenvalue weighted by Gasteiger charge is 2.49. The second kappa shape index (κ2) is 5.71. The van der Waals surface area contributed by atoms with Crippen molar-refractivity contribution in [3.63, 3.8) is 0 Å². The molecule has 0 aliphatic carbocycles. The number of nitrogens with two attached hydrogens (primary N) is 1. The third-order valence-corrected chi connectivity index (χ3v) is 5.87. The van der Waals surface area contributed by atoms with Crippen LogP contribution >= 0.6 is 0 Å². The van der Waals surface area contributed by atoms with Gasteiger partial charge in [0.25, 0.3) is 5.91 Å². The number of hydrogen-bond acceptors (Lipinski definition) is 4. The van der Waals surface area contributed by atoms with Crippen molar-refractivity contribution in [3.05, 3.63) is 35.6 Å². The third-order valence-electron chi connectivity index (χ3n) is 4.62. The Morgan fingerprint density at radius 2 is 1.92 bits per heavy atom. The number of carbonyl (C=O) groups excluding carboxylic acids is 1. The summed E-state index contributed by atoms with van der Waals surface area (Å²) in [6, 6.07) is 5.69. The molecule has 2 N–H and O–H groups in total. The van der Waals surface area contributed by atoms with E-state index in [0.717, 1.165) is 4.90 Å². The van der Waals surface area contributed by atoms with Gasteiger partial charge in [0.2, 0.25) is 15.8 Å². The van der Waals surface area contributed by atoms with Crippen LogP contribution in [-0.2, 0) is 16.2 Å². The summed E-state index contributed by atoms with van der Waals surface area (Å²) in [5.74, 6) is -2.32. The number of carbonyl (C=O) groups is 1. The Labute approximate surface area is 147 Å². The normalized spacial score (nSPS) is 20.7. The van der Waals surface area contributed by atoms with Gasteiger partial charge in [0.15, 0.2) is 0 Å². The van der Waals surface area contributed by atoms with Crippen molar-refractivity contribution in [2.45, 2.75) is 37.2 Å². The van der Waals surface area contributed by atoms with Crippen LogP contribution in [0.3, 0.4) is 0 Å². The number of rotatable bonds is 2. The second-order valence-corrected chi connectivity index (χ2v) is 8.79. The number of furan rings is 1. The molecule has 1 aliphatic heterocycles. The Hall–Kier alpha value is -2.07. The SMILES string of the molecule is CC1(C)CC(S(N)(=O)=O)CN1C(=O)c1c(C(F)(F)F)oc2ccccc12. The van der Waals surface area contributed by atoms with Gasteiger partial charge in [0.1, 0.15) is 5.58 Å². The van der Waals surface area contributed by atoms with Gasteiger partial charge in [-0.05, 0) is 26.3 Å². The van der Waals surface area contributed by atoms with E-state index >= 15 is 0 Å². The maximum absolute atomic E-state index is 13.4. The molecule has 6 nitrogen and oxygen atoms in total. The summed E-state index contributed by atoms with van der Waals surface area (Å²) in [7, 11) is -3.93. The summed E-state index contributed by atoms with van der Waals surface area (Å²) in [5, 5.41) is 4.16. The second-order valence-electron chi connectivity index (χ2n) is 6.94. The average molecular weight is 390 g/mol. The first-order valence-corrected chi connectivity index (χ1v) is 9.35. The van der Waals surface area contributed by atoms with Crippen LogP contribution in [0.15, 0.2) is 28.7 Å². The molecule has 1 fully saturated rings. The Morgan fingerprint density at radius 3 is 2.46 bits per heavy atom. The van der Waals surface area contributed by atoms with E-state index in [1.54, 1.807) is 13.8 Å². The maximum atomic E-state index is 13.4. The Balaban J connectivity index is 2.13. The quantitative estimate of drug-likeness (QED) is 0.853. The molecule has 0 bridgehead atoms. The number of amides is 1. The van der Waals surface area contributed by atoms with Gasteiger partial charge in [-0.25, -0.2) is 13.6 Å². The van der Waals surface area contributed by atoms with Gasteiger partial charge >= 0.3 is 6.18 Å². The first-order valence-electron chi connectivity index (χ1n) is 7.74. The average Bonchev–Trinajstić information content (AvgIpc) is 3.03. The summed E-state index contributed by atoms with van der Waals surface area (Å²) in [6.07, 6.45) is -4.83. The van der Waals surface area contributed by atoms with E-state index in [9.17, 15) is 26.4 Å². The number of alkyl halides is 3. The molecular formula is C16H17F3N2O4S. The van der Waals surface area contributed by atoms with Gasteiger partial charge in [0, 0.05) is 17.5 Å². The number of primary sulfonamides is 1. The molecule has 1 saturated heterocycles. The van der Waals surface area contributed by atoms with E-state index < -0.39 is 44.2 Å². The molecule has 1 unspecified atom stereocenters.